The number of hydrogen-bond donors (Lipinski definition) is 4. The highest BCUT2D eigenvalue weighted by atomic mass is 32.2. The van der Waals surface area contributed by atoms with Gasteiger partial charge in [0.1, 0.15) is 5.76 Å². The summed E-state index contributed by atoms with van der Waals surface area (Å²) in [6, 6.07) is 7.57. The van der Waals surface area contributed by atoms with Crippen LogP contribution in [0.1, 0.15) is 21.7 Å². The summed E-state index contributed by atoms with van der Waals surface area (Å²) in [6.07, 6.45) is 1.34. The lowest BCUT2D eigenvalue weighted by Crippen LogP contribution is -2.47. The summed E-state index contributed by atoms with van der Waals surface area (Å²) in [5.41, 5.74) is 5.45. The van der Waals surface area contributed by atoms with Gasteiger partial charge in [0.25, 0.3) is 11.8 Å². The molecule has 10 nitrogen and oxygen atoms in total. The summed E-state index contributed by atoms with van der Waals surface area (Å²) in [5.74, 6) is -1.58. The van der Waals surface area contributed by atoms with Crippen molar-refractivity contribution in [3.05, 3.63) is 53.5 Å². The summed E-state index contributed by atoms with van der Waals surface area (Å²) in [4.78, 5) is 35.2. The quantitative estimate of drug-likeness (QED) is 0.465. The molecule has 0 unspecified atom stereocenters. The Morgan fingerprint density at radius 1 is 0.929 bits per heavy atom. The molecule has 0 radical (unpaired) electrons. The van der Waals surface area contributed by atoms with Crippen LogP contribution in [0, 0.1) is 13.8 Å². The molecule has 1 heterocycles. The third-order valence-electron chi connectivity index (χ3n) is 3.62. The van der Waals surface area contributed by atoms with Gasteiger partial charge in [-0.2, -0.15) is 0 Å². The smallest absolute Gasteiger partial charge is 0.273 e. The number of rotatable bonds is 7. The molecule has 3 amide bonds. The molecule has 0 atom stereocenters. The molecular formula is C17H20N4O6S. The van der Waals surface area contributed by atoms with Crippen LogP contribution in [0.15, 0.2) is 45.9 Å². The number of carbonyl (C=O) groups is 3. The van der Waals surface area contributed by atoms with E-state index in [4.69, 9.17) is 4.42 Å². The molecule has 0 fully saturated rings. The molecule has 2 aromatic rings. The highest BCUT2D eigenvalue weighted by Crippen LogP contribution is 2.09. The molecule has 0 aliphatic carbocycles. The number of sulfonamides is 1. The Bertz CT molecular complexity index is 966. The number of amides is 3. The van der Waals surface area contributed by atoms with Crippen LogP contribution in [-0.4, -0.2) is 39.2 Å². The Kier molecular flexibility index (Phi) is 6.90. The molecule has 0 saturated heterocycles. The first-order chi connectivity index (χ1) is 13.2. The molecule has 1 aromatic heterocycles. The number of aryl methyl sites for hydroxylation is 2. The number of hydrogen-bond acceptors (Lipinski definition) is 6. The summed E-state index contributed by atoms with van der Waals surface area (Å²) in [7, 11) is -3.84. The Labute approximate surface area is 161 Å². The van der Waals surface area contributed by atoms with Gasteiger partial charge >= 0.3 is 0 Å². The van der Waals surface area contributed by atoms with E-state index in [2.05, 4.69) is 20.9 Å². The van der Waals surface area contributed by atoms with Crippen LogP contribution >= 0.6 is 0 Å². The van der Waals surface area contributed by atoms with E-state index in [1.165, 1.54) is 24.5 Å². The van der Waals surface area contributed by atoms with Crippen molar-refractivity contribution < 1.29 is 27.2 Å². The largest absolute Gasteiger partial charge is 0.469 e. The predicted octanol–water partition coefficient (Wildman–Crippen LogP) is -0.248. The zero-order valence-corrected chi connectivity index (χ0v) is 16.1. The molecular weight excluding hydrogens is 388 g/mol. The van der Waals surface area contributed by atoms with Gasteiger partial charge in [0.05, 0.1) is 29.8 Å². The van der Waals surface area contributed by atoms with Gasteiger partial charge in [0.15, 0.2) is 0 Å². The van der Waals surface area contributed by atoms with Gasteiger partial charge in [0.2, 0.25) is 15.9 Å². The van der Waals surface area contributed by atoms with E-state index in [0.717, 1.165) is 5.56 Å². The van der Waals surface area contributed by atoms with Crippen molar-refractivity contribution in [3.8, 4) is 0 Å². The van der Waals surface area contributed by atoms with Crippen LogP contribution in [0.3, 0.4) is 0 Å². The number of nitrogens with one attached hydrogen (secondary N) is 4. The van der Waals surface area contributed by atoms with Crippen molar-refractivity contribution in [3.63, 3.8) is 0 Å². The molecule has 2 rings (SSSR count). The van der Waals surface area contributed by atoms with Crippen molar-refractivity contribution >= 4 is 27.7 Å². The van der Waals surface area contributed by atoms with Gasteiger partial charge in [-0.1, -0.05) is 17.7 Å². The fourth-order valence-corrected chi connectivity index (χ4v) is 3.04. The Morgan fingerprint density at radius 2 is 1.61 bits per heavy atom. The van der Waals surface area contributed by atoms with E-state index in [1.54, 1.807) is 19.1 Å². The molecule has 0 bridgehead atoms. The average molecular weight is 408 g/mol. The SMILES string of the molecule is Cc1ccc(S(=O)(=O)NCC(=O)NCC(=O)NNC(=O)c2ccoc2C)cc1. The maximum atomic E-state index is 12.1. The van der Waals surface area contributed by atoms with Crippen LogP contribution in [0.2, 0.25) is 0 Å². The van der Waals surface area contributed by atoms with Gasteiger partial charge < -0.3 is 9.73 Å². The van der Waals surface area contributed by atoms with E-state index in [0.29, 0.717) is 5.76 Å². The molecule has 1 aromatic carbocycles. The Hall–Kier alpha value is -3.18. The van der Waals surface area contributed by atoms with Crippen molar-refractivity contribution in [1.82, 2.24) is 20.9 Å². The second-order valence-electron chi connectivity index (χ2n) is 5.81. The lowest BCUT2D eigenvalue weighted by molar-refractivity contribution is -0.125. The third kappa shape index (κ3) is 5.93. The van der Waals surface area contributed by atoms with E-state index in [9.17, 15) is 22.8 Å². The monoisotopic (exact) mass is 408 g/mol. The molecule has 0 aliphatic rings. The molecule has 0 saturated carbocycles. The summed E-state index contributed by atoms with van der Waals surface area (Å²) in [5, 5.41) is 2.24. The fraction of sp³-hybridized carbons (Fsp3) is 0.235. The first kappa shape index (κ1) is 21.1. The predicted molar refractivity (Wildman–Crippen MR) is 98.4 cm³/mol. The summed E-state index contributed by atoms with van der Waals surface area (Å²) in [6.45, 7) is 2.43. The average Bonchev–Trinajstić information content (AvgIpc) is 3.09. The van der Waals surface area contributed by atoms with Crippen molar-refractivity contribution in [2.75, 3.05) is 13.1 Å². The van der Waals surface area contributed by atoms with Crippen LogP contribution in [0.5, 0.6) is 0 Å². The lowest BCUT2D eigenvalue weighted by atomic mass is 10.2. The van der Waals surface area contributed by atoms with Crippen molar-refractivity contribution in [2.45, 2.75) is 18.7 Å². The van der Waals surface area contributed by atoms with Gasteiger partial charge in [0, 0.05) is 0 Å². The summed E-state index contributed by atoms with van der Waals surface area (Å²) < 4.78 is 31.3. The Balaban J connectivity index is 1.73. The van der Waals surface area contributed by atoms with Crippen LogP contribution in [0.25, 0.3) is 0 Å². The Morgan fingerprint density at radius 3 is 2.21 bits per heavy atom. The van der Waals surface area contributed by atoms with E-state index >= 15 is 0 Å². The topological polar surface area (TPSA) is 147 Å². The minimum Gasteiger partial charge on any atom is -0.469 e. The van der Waals surface area contributed by atoms with Crippen LogP contribution in [-0.2, 0) is 19.6 Å². The maximum Gasteiger partial charge on any atom is 0.273 e. The molecule has 150 valence electrons. The second-order valence-corrected chi connectivity index (χ2v) is 7.57. The van der Waals surface area contributed by atoms with Gasteiger partial charge in [-0.3, -0.25) is 25.2 Å². The molecule has 0 aliphatic heterocycles. The van der Waals surface area contributed by atoms with Crippen LogP contribution in [0.4, 0.5) is 0 Å². The van der Waals surface area contributed by atoms with Gasteiger partial charge in [-0.05, 0) is 32.0 Å². The normalized spacial score (nSPS) is 10.9. The highest BCUT2D eigenvalue weighted by Gasteiger charge is 2.16. The maximum absolute atomic E-state index is 12.1. The number of furan rings is 1. The summed E-state index contributed by atoms with van der Waals surface area (Å²) >= 11 is 0. The number of hydrazine groups is 1. The lowest BCUT2D eigenvalue weighted by Gasteiger charge is -2.09. The minimum absolute atomic E-state index is 0.0286. The second kappa shape index (κ2) is 9.15. The van der Waals surface area contributed by atoms with E-state index < -0.39 is 40.8 Å². The molecule has 0 spiro atoms. The standard InChI is InChI=1S/C17H20N4O6S/c1-11-3-5-13(6-4-11)28(25,26)19-10-15(22)18-9-16(23)20-21-17(24)14-7-8-27-12(14)2/h3-8,19H,9-10H2,1-2H3,(H,18,22)(H,20,23)(H,21,24). The zero-order chi connectivity index (χ0) is 20.7. The van der Waals surface area contributed by atoms with Gasteiger partial charge in [-0.15, -0.1) is 0 Å². The number of benzene rings is 1. The fourth-order valence-electron chi connectivity index (χ4n) is 2.06. The van der Waals surface area contributed by atoms with Crippen LogP contribution < -0.4 is 20.9 Å². The van der Waals surface area contributed by atoms with Crippen molar-refractivity contribution in [2.24, 2.45) is 0 Å². The first-order valence-corrected chi connectivity index (χ1v) is 9.63. The third-order valence-corrected chi connectivity index (χ3v) is 5.04. The first-order valence-electron chi connectivity index (χ1n) is 8.15. The molecule has 11 heteroatoms. The molecule has 4 N–H and O–H groups in total. The molecule has 28 heavy (non-hydrogen) atoms. The van der Waals surface area contributed by atoms with Gasteiger partial charge in [-0.25, -0.2) is 13.1 Å². The van der Waals surface area contributed by atoms with E-state index in [1.807, 2.05) is 6.92 Å². The number of carbonyl (C=O) groups excluding carboxylic acids is 3. The van der Waals surface area contributed by atoms with E-state index in [-0.39, 0.29) is 10.5 Å². The highest BCUT2D eigenvalue weighted by molar-refractivity contribution is 7.89. The van der Waals surface area contributed by atoms with Crippen molar-refractivity contribution in [1.29, 1.82) is 0 Å². The minimum atomic E-state index is -3.84. The zero-order valence-electron chi connectivity index (χ0n) is 15.2.